The number of amides is 1. The Morgan fingerprint density at radius 1 is 1.35 bits per heavy atom. The van der Waals surface area contributed by atoms with Crippen LogP contribution in [0.5, 0.6) is 0 Å². The van der Waals surface area contributed by atoms with E-state index in [1.54, 1.807) is 4.90 Å². The number of anilines is 1. The van der Waals surface area contributed by atoms with E-state index in [4.69, 9.17) is 11.6 Å². The number of halogens is 1. The van der Waals surface area contributed by atoms with Crippen LogP contribution < -0.4 is 10.2 Å². The first-order chi connectivity index (χ1) is 7.99. The smallest absolute Gasteiger partial charge is 0.228 e. The molecule has 0 aliphatic carbocycles. The minimum absolute atomic E-state index is 0.119. The Labute approximate surface area is 107 Å². The van der Waals surface area contributed by atoms with E-state index < -0.39 is 0 Å². The van der Waals surface area contributed by atoms with Crippen LogP contribution in [-0.4, -0.2) is 24.5 Å². The summed E-state index contributed by atoms with van der Waals surface area (Å²) in [6, 6.07) is 7.47. The number of nitrogens with zero attached hydrogens (tertiary/aromatic N) is 1. The van der Waals surface area contributed by atoms with Crippen LogP contribution in [-0.2, 0) is 4.79 Å². The fourth-order valence-electron chi connectivity index (χ4n) is 2.09. The van der Waals surface area contributed by atoms with E-state index in [0.29, 0.717) is 18.0 Å². The molecule has 1 fully saturated rings. The van der Waals surface area contributed by atoms with E-state index in [-0.39, 0.29) is 11.4 Å². The number of para-hydroxylation sites is 1. The first-order valence-electron chi connectivity index (χ1n) is 5.79. The van der Waals surface area contributed by atoms with Gasteiger partial charge in [0.1, 0.15) is 0 Å². The van der Waals surface area contributed by atoms with Gasteiger partial charge in [-0.05, 0) is 26.0 Å². The zero-order valence-corrected chi connectivity index (χ0v) is 10.9. The number of nitrogens with one attached hydrogen (secondary N) is 1. The zero-order valence-electron chi connectivity index (χ0n) is 10.2. The molecule has 0 spiro atoms. The number of hydrogen-bond donors (Lipinski definition) is 1. The highest BCUT2D eigenvalue weighted by atomic mass is 35.5. The van der Waals surface area contributed by atoms with Crippen LogP contribution in [0.25, 0.3) is 0 Å². The molecule has 3 nitrogen and oxygen atoms in total. The number of hydrogen-bond acceptors (Lipinski definition) is 2. The normalized spacial score (nSPS) is 20.2. The molecule has 1 heterocycles. The van der Waals surface area contributed by atoms with Gasteiger partial charge in [0.05, 0.1) is 10.7 Å². The van der Waals surface area contributed by atoms with Crippen molar-refractivity contribution in [1.29, 1.82) is 0 Å². The highest BCUT2D eigenvalue weighted by Gasteiger charge is 2.29. The molecule has 0 unspecified atom stereocenters. The molecule has 1 aromatic carbocycles. The van der Waals surface area contributed by atoms with Gasteiger partial charge in [-0.15, -0.1) is 0 Å². The van der Waals surface area contributed by atoms with Gasteiger partial charge in [-0.1, -0.05) is 23.7 Å². The Morgan fingerprint density at radius 3 is 2.76 bits per heavy atom. The lowest BCUT2D eigenvalue weighted by Gasteiger charge is -2.23. The summed E-state index contributed by atoms with van der Waals surface area (Å²) in [5, 5.41) is 3.99. The lowest BCUT2D eigenvalue weighted by atomic mass is 10.0. The summed E-state index contributed by atoms with van der Waals surface area (Å²) in [5.41, 5.74) is 0.659. The minimum atomic E-state index is -0.146. The zero-order chi connectivity index (χ0) is 12.5. The molecule has 0 bridgehead atoms. The van der Waals surface area contributed by atoms with Crippen LogP contribution in [0.3, 0.4) is 0 Å². The van der Waals surface area contributed by atoms with Crippen LogP contribution in [0.1, 0.15) is 20.3 Å². The number of carbonyl (C=O) groups is 1. The topological polar surface area (TPSA) is 32.3 Å². The number of benzene rings is 1. The lowest BCUT2D eigenvalue weighted by molar-refractivity contribution is -0.119. The molecule has 92 valence electrons. The third-order valence-electron chi connectivity index (χ3n) is 2.98. The van der Waals surface area contributed by atoms with Gasteiger partial charge >= 0.3 is 0 Å². The van der Waals surface area contributed by atoms with E-state index in [0.717, 1.165) is 12.2 Å². The van der Waals surface area contributed by atoms with Gasteiger partial charge in [0, 0.05) is 25.0 Å². The summed E-state index contributed by atoms with van der Waals surface area (Å²) in [6.45, 7) is 5.53. The number of carbonyl (C=O) groups excluding carboxylic acids is 1. The molecule has 4 heteroatoms. The molecule has 1 N–H and O–H groups in total. The van der Waals surface area contributed by atoms with Crippen LogP contribution in [0.15, 0.2) is 24.3 Å². The van der Waals surface area contributed by atoms with Gasteiger partial charge in [0.15, 0.2) is 0 Å². The molecule has 0 saturated carbocycles. The summed E-state index contributed by atoms with van der Waals surface area (Å²) in [5.74, 6) is 0.119. The second kappa shape index (κ2) is 4.67. The molecule has 0 aromatic heterocycles. The molecule has 2 rings (SSSR count). The van der Waals surface area contributed by atoms with Gasteiger partial charge in [-0.25, -0.2) is 0 Å². The van der Waals surface area contributed by atoms with Gasteiger partial charge < -0.3 is 10.2 Å². The molecule has 1 aliphatic heterocycles. The van der Waals surface area contributed by atoms with Crippen molar-refractivity contribution in [3.8, 4) is 0 Å². The molecular formula is C13H17ClN2O. The van der Waals surface area contributed by atoms with E-state index in [9.17, 15) is 4.79 Å². The van der Waals surface area contributed by atoms with Crippen molar-refractivity contribution in [3.05, 3.63) is 29.3 Å². The van der Waals surface area contributed by atoms with Crippen molar-refractivity contribution in [2.24, 2.45) is 0 Å². The fraction of sp³-hybridized carbons (Fsp3) is 0.462. The van der Waals surface area contributed by atoms with Gasteiger partial charge in [-0.2, -0.15) is 0 Å². The minimum Gasteiger partial charge on any atom is -0.310 e. The first kappa shape index (κ1) is 12.4. The van der Waals surface area contributed by atoms with Crippen LogP contribution in [0.4, 0.5) is 5.69 Å². The summed E-state index contributed by atoms with van der Waals surface area (Å²) in [6.07, 6.45) is 0.484. The SMILES string of the molecule is CC1(C)CC(=O)N(c2ccccc2Cl)CCN1. The first-order valence-corrected chi connectivity index (χ1v) is 6.17. The highest BCUT2D eigenvalue weighted by Crippen LogP contribution is 2.27. The largest absolute Gasteiger partial charge is 0.310 e. The van der Waals surface area contributed by atoms with E-state index >= 15 is 0 Å². The van der Waals surface area contributed by atoms with E-state index in [1.807, 2.05) is 38.1 Å². The predicted molar refractivity (Wildman–Crippen MR) is 70.5 cm³/mol. The lowest BCUT2D eigenvalue weighted by Crippen LogP contribution is -2.39. The molecule has 1 aromatic rings. The monoisotopic (exact) mass is 252 g/mol. The Bertz CT molecular complexity index is 431. The second-order valence-corrected chi connectivity index (χ2v) is 5.39. The second-order valence-electron chi connectivity index (χ2n) is 4.98. The van der Waals surface area contributed by atoms with Crippen molar-refractivity contribution in [2.45, 2.75) is 25.8 Å². The van der Waals surface area contributed by atoms with Crippen molar-refractivity contribution in [2.75, 3.05) is 18.0 Å². The van der Waals surface area contributed by atoms with Gasteiger partial charge in [-0.3, -0.25) is 4.79 Å². The summed E-state index contributed by atoms with van der Waals surface area (Å²) >= 11 is 6.13. The fourth-order valence-corrected chi connectivity index (χ4v) is 2.33. The average molecular weight is 253 g/mol. The Kier molecular flexibility index (Phi) is 3.40. The van der Waals surface area contributed by atoms with Crippen LogP contribution >= 0.6 is 11.6 Å². The van der Waals surface area contributed by atoms with Crippen LogP contribution in [0.2, 0.25) is 5.02 Å². The molecule has 0 atom stereocenters. The van der Waals surface area contributed by atoms with Crippen molar-refractivity contribution in [3.63, 3.8) is 0 Å². The summed E-state index contributed by atoms with van der Waals surface area (Å²) in [7, 11) is 0. The van der Waals surface area contributed by atoms with Crippen LogP contribution in [0, 0.1) is 0 Å². The number of rotatable bonds is 1. The van der Waals surface area contributed by atoms with Crippen molar-refractivity contribution >= 4 is 23.2 Å². The molecule has 1 saturated heterocycles. The molecule has 17 heavy (non-hydrogen) atoms. The van der Waals surface area contributed by atoms with E-state index in [1.165, 1.54) is 0 Å². The van der Waals surface area contributed by atoms with Crippen molar-refractivity contribution in [1.82, 2.24) is 5.32 Å². The van der Waals surface area contributed by atoms with Gasteiger partial charge in [0.2, 0.25) is 5.91 Å². The Hall–Kier alpha value is -1.06. The molecular weight excluding hydrogens is 236 g/mol. The molecule has 1 aliphatic rings. The van der Waals surface area contributed by atoms with Gasteiger partial charge in [0.25, 0.3) is 0 Å². The molecule has 1 amide bonds. The van der Waals surface area contributed by atoms with Crippen molar-refractivity contribution < 1.29 is 4.79 Å². The third-order valence-corrected chi connectivity index (χ3v) is 3.30. The average Bonchev–Trinajstić information content (AvgIpc) is 2.37. The maximum Gasteiger partial charge on any atom is 0.228 e. The van der Waals surface area contributed by atoms with E-state index in [2.05, 4.69) is 5.32 Å². The predicted octanol–water partition coefficient (Wildman–Crippen LogP) is 2.44. The summed E-state index contributed by atoms with van der Waals surface area (Å²) < 4.78 is 0. The standard InChI is InChI=1S/C13H17ClN2O/c1-13(2)9-12(17)16(8-7-15-13)11-6-4-3-5-10(11)14/h3-6,15H,7-9H2,1-2H3. The Balaban J connectivity index is 2.28. The highest BCUT2D eigenvalue weighted by molar-refractivity contribution is 6.33. The quantitative estimate of drug-likeness (QED) is 0.833. The Morgan fingerprint density at radius 2 is 2.06 bits per heavy atom. The summed E-state index contributed by atoms with van der Waals surface area (Å²) in [4.78, 5) is 14.0. The maximum absolute atomic E-state index is 12.2. The third kappa shape index (κ3) is 2.79. The molecule has 0 radical (unpaired) electrons. The maximum atomic E-state index is 12.2.